The van der Waals surface area contributed by atoms with Gasteiger partial charge in [0.25, 0.3) is 11.7 Å². The third-order valence-electron chi connectivity index (χ3n) is 5.89. The molecule has 0 radical (unpaired) electrons. The van der Waals surface area contributed by atoms with Crippen LogP contribution in [-0.4, -0.2) is 62.8 Å². The topological polar surface area (TPSA) is 94.5 Å². The van der Waals surface area contributed by atoms with Crippen LogP contribution in [0.25, 0.3) is 5.76 Å². The van der Waals surface area contributed by atoms with Gasteiger partial charge < -0.3 is 29.0 Å². The highest BCUT2D eigenvalue weighted by atomic mass is 16.5. The third kappa shape index (κ3) is 5.77. The van der Waals surface area contributed by atoms with Crippen molar-refractivity contribution >= 4 is 17.4 Å². The smallest absolute Gasteiger partial charge is 0.295 e. The monoisotopic (exact) mass is 483 g/mol. The molecular formula is C27H33NO7. The summed E-state index contributed by atoms with van der Waals surface area (Å²) >= 11 is 0. The minimum absolute atomic E-state index is 0.0161. The van der Waals surface area contributed by atoms with Gasteiger partial charge >= 0.3 is 0 Å². The van der Waals surface area contributed by atoms with Gasteiger partial charge in [-0.1, -0.05) is 31.5 Å². The van der Waals surface area contributed by atoms with Crippen molar-refractivity contribution in [3.05, 3.63) is 59.2 Å². The highest BCUT2D eigenvalue weighted by Gasteiger charge is 2.46. The molecule has 8 nitrogen and oxygen atoms in total. The van der Waals surface area contributed by atoms with Gasteiger partial charge in [0, 0.05) is 25.8 Å². The molecule has 8 heteroatoms. The number of benzene rings is 2. The van der Waals surface area contributed by atoms with E-state index in [0.29, 0.717) is 48.0 Å². The highest BCUT2D eigenvalue weighted by Crippen LogP contribution is 2.42. The summed E-state index contributed by atoms with van der Waals surface area (Å²) in [5.41, 5.74) is 1.03. The Hall–Kier alpha value is -3.52. The second-order valence-electron chi connectivity index (χ2n) is 8.18. The number of likely N-dealkylation sites (tertiary alicyclic amines) is 1. The lowest BCUT2D eigenvalue weighted by atomic mass is 9.95. The van der Waals surface area contributed by atoms with Crippen molar-refractivity contribution in [2.75, 3.05) is 41.1 Å². The van der Waals surface area contributed by atoms with Crippen LogP contribution in [0, 0.1) is 0 Å². The Labute approximate surface area is 206 Å². The van der Waals surface area contributed by atoms with E-state index >= 15 is 0 Å². The molecule has 0 spiro atoms. The Morgan fingerprint density at radius 1 is 0.971 bits per heavy atom. The third-order valence-corrected chi connectivity index (χ3v) is 5.89. The number of hydrogen-bond acceptors (Lipinski definition) is 7. The molecule has 0 aromatic heterocycles. The molecule has 1 atom stereocenters. The van der Waals surface area contributed by atoms with Crippen molar-refractivity contribution in [2.24, 2.45) is 0 Å². The molecular weight excluding hydrogens is 450 g/mol. The van der Waals surface area contributed by atoms with Crippen LogP contribution in [0.2, 0.25) is 0 Å². The van der Waals surface area contributed by atoms with Gasteiger partial charge in [0.05, 0.1) is 32.4 Å². The highest BCUT2D eigenvalue weighted by molar-refractivity contribution is 6.46. The van der Waals surface area contributed by atoms with Crippen LogP contribution in [0.3, 0.4) is 0 Å². The van der Waals surface area contributed by atoms with Gasteiger partial charge in [-0.3, -0.25) is 9.59 Å². The number of amides is 1. The molecule has 1 aliphatic heterocycles. The van der Waals surface area contributed by atoms with E-state index in [9.17, 15) is 14.7 Å². The Morgan fingerprint density at radius 3 is 2.46 bits per heavy atom. The van der Waals surface area contributed by atoms with Gasteiger partial charge in [0.2, 0.25) is 0 Å². The van der Waals surface area contributed by atoms with Crippen LogP contribution in [0.1, 0.15) is 43.4 Å². The molecule has 188 valence electrons. The van der Waals surface area contributed by atoms with Crippen molar-refractivity contribution < 1.29 is 33.6 Å². The van der Waals surface area contributed by atoms with E-state index in [1.54, 1.807) is 49.6 Å². The number of ketones is 1. The number of Topliss-reactive ketones (excluding diaryl/α,β-unsaturated/α-hetero) is 1. The van der Waals surface area contributed by atoms with Crippen LogP contribution >= 0.6 is 0 Å². The van der Waals surface area contributed by atoms with E-state index in [0.717, 1.165) is 12.8 Å². The molecule has 2 aromatic carbocycles. The minimum atomic E-state index is -0.795. The minimum Gasteiger partial charge on any atom is -0.507 e. The van der Waals surface area contributed by atoms with Gasteiger partial charge in [-0.15, -0.1) is 0 Å². The molecule has 1 aliphatic rings. The number of hydrogen-bond donors (Lipinski definition) is 1. The van der Waals surface area contributed by atoms with Crippen molar-refractivity contribution in [2.45, 2.75) is 32.2 Å². The van der Waals surface area contributed by atoms with Crippen molar-refractivity contribution in [3.8, 4) is 17.2 Å². The summed E-state index contributed by atoms with van der Waals surface area (Å²) in [6, 6.07) is 11.3. The first-order valence-electron chi connectivity index (χ1n) is 11.7. The average Bonchev–Trinajstić information content (AvgIpc) is 3.13. The maximum Gasteiger partial charge on any atom is 0.295 e. The van der Waals surface area contributed by atoms with E-state index in [1.807, 2.05) is 0 Å². The summed E-state index contributed by atoms with van der Waals surface area (Å²) in [5.74, 6) is -0.0806. The van der Waals surface area contributed by atoms with E-state index in [1.165, 1.54) is 19.1 Å². The van der Waals surface area contributed by atoms with Crippen molar-refractivity contribution in [3.63, 3.8) is 0 Å². The largest absolute Gasteiger partial charge is 0.507 e. The number of unbranched alkanes of at least 4 members (excludes halogenated alkanes) is 1. The number of aliphatic hydroxyl groups is 1. The van der Waals surface area contributed by atoms with Gasteiger partial charge in [0.1, 0.15) is 11.5 Å². The fraction of sp³-hybridized carbons (Fsp3) is 0.407. The molecule has 0 aliphatic carbocycles. The first kappa shape index (κ1) is 26.1. The Balaban J connectivity index is 2.10. The number of nitrogens with zero attached hydrogens (tertiary/aromatic N) is 1. The quantitative estimate of drug-likeness (QED) is 0.208. The maximum absolute atomic E-state index is 13.2. The zero-order valence-electron chi connectivity index (χ0n) is 20.7. The predicted molar refractivity (Wildman–Crippen MR) is 132 cm³/mol. The molecule has 2 aromatic rings. The lowest BCUT2D eigenvalue weighted by Crippen LogP contribution is -2.31. The fourth-order valence-electron chi connectivity index (χ4n) is 4.06. The normalized spacial score (nSPS) is 17.0. The summed E-state index contributed by atoms with van der Waals surface area (Å²) in [6.07, 6.45) is 2.44. The lowest BCUT2D eigenvalue weighted by molar-refractivity contribution is -0.140. The zero-order valence-corrected chi connectivity index (χ0v) is 20.7. The average molecular weight is 484 g/mol. The summed E-state index contributed by atoms with van der Waals surface area (Å²) in [4.78, 5) is 27.7. The Kier molecular flexibility index (Phi) is 9.14. The number of carbonyl (C=O) groups is 2. The molecule has 1 fully saturated rings. The Morgan fingerprint density at radius 2 is 1.77 bits per heavy atom. The zero-order chi connectivity index (χ0) is 25.4. The molecule has 0 bridgehead atoms. The SMILES string of the molecule is CCCCOc1ccc(C2/C(=C(\O)c3cccc(OC)c3)C(=O)C(=O)N2CCCOC)cc1OC. The number of ether oxygens (including phenoxy) is 4. The van der Waals surface area contributed by atoms with Gasteiger partial charge in [-0.2, -0.15) is 0 Å². The summed E-state index contributed by atoms with van der Waals surface area (Å²) < 4.78 is 21.8. The van der Waals surface area contributed by atoms with Crippen molar-refractivity contribution in [1.29, 1.82) is 0 Å². The maximum atomic E-state index is 13.2. The molecule has 3 rings (SSSR count). The molecule has 0 saturated carbocycles. The van der Waals surface area contributed by atoms with Crippen LogP contribution in [-0.2, 0) is 14.3 Å². The summed E-state index contributed by atoms with van der Waals surface area (Å²) in [5, 5.41) is 11.2. The summed E-state index contributed by atoms with van der Waals surface area (Å²) in [7, 11) is 4.64. The lowest BCUT2D eigenvalue weighted by Gasteiger charge is -2.26. The second-order valence-corrected chi connectivity index (χ2v) is 8.18. The summed E-state index contributed by atoms with van der Waals surface area (Å²) in [6.45, 7) is 3.35. The van der Waals surface area contributed by atoms with Gasteiger partial charge in [-0.25, -0.2) is 0 Å². The van der Waals surface area contributed by atoms with E-state index < -0.39 is 17.7 Å². The van der Waals surface area contributed by atoms with Crippen LogP contribution < -0.4 is 14.2 Å². The molecule has 1 N–H and O–H groups in total. The number of methoxy groups -OCH3 is 3. The number of rotatable bonds is 12. The van der Waals surface area contributed by atoms with Gasteiger partial charge in [0.15, 0.2) is 11.5 Å². The van der Waals surface area contributed by atoms with E-state index in [2.05, 4.69) is 6.92 Å². The van der Waals surface area contributed by atoms with E-state index in [4.69, 9.17) is 18.9 Å². The first-order chi connectivity index (χ1) is 17.0. The van der Waals surface area contributed by atoms with Gasteiger partial charge in [-0.05, 0) is 42.7 Å². The van der Waals surface area contributed by atoms with E-state index in [-0.39, 0.29) is 17.9 Å². The Bertz CT molecular complexity index is 1080. The molecule has 1 amide bonds. The van der Waals surface area contributed by atoms with Crippen LogP contribution in [0.15, 0.2) is 48.0 Å². The molecule has 1 heterocycles. The second kappa shape index (κ2) is 12.3. The van der Waals surface area contributed by atoms with Crippen molar-refractivity contribution in [1.82, 2.24) is 4.90 Å². The standard InChI is InChI=1S/C27H33NO7/c1-5-6-15-35-21-12-11-18(17-22(21)34-4)24-23(25(29)19-9-7-10-20(16-19)33-3)26(30)27(31)28(24)13-8-14-32-2/h7,9-12,16-17,24,29H,5-6,8,13-15H2,1-4H3/b25-23+. The molecule has 1 saturated heterocycles. The number of carbonyl (C=O) groups excluding carboxylic acids is 2. The van der Waals surface area contributed by atoms with Crippen LogP contribution in [0.5, 0.6) is 17.2 Å². The molecule has 35 heavy (non-hydrogen) atoms. The fourth-order valence-corrected chi connectivity index (χ4v) is 4.06. The number of aliphatic hydroxyl groups excluding tert-OH is 1. The first-order valence-corrected chi connectivity index (χ1v) is 11.7. The van der Waals surface area contributed by atoms with Crippen LogP contribution in [0.4, 0.5) is 0 Å². The predicted octanol–water partition coefficient (Wildman–Crippen LogP) is 4.34. The molecule has 1 unspecified atom stereocenters.